The van der Waals surface area contributed by atoms with Crippen molar-refractivity contribution >= 4 is 26.7 Å². The van der Waals surface area contributed by atoms with E-state index in [1.165, 1.54) is 6.42 Å². The van der Waals surface area contributed by atoms with Crippen LogP contribution in [-0.2, 0) is 21.1 Å². The Hall–Kier alpha value is -1.36. The van der Waals surface area contributed by atoms with Crippen LogP contribution in [0.2, 0.25) is 0 Å². The second-order valence-electron chi connectivity index (χ2n) is 6.84. The Kier molecular flexibility index (Phi) is 5.34. The Morgan fingerprint density at radius 2 is 1.23 bits per heavy atom. The molecule has 0 bridgehead atoms. The van der Waals surface area contributed by atoms with Crippen LogP contribution in [0.25, 0.3) is 0 Å². The van der Waals surface area contributed by atoms with Crippen molar-refractivity contribution in [1.82, 2.24) is 19.6 Å². The molecule has 3 fully saturated rings. The number of pyridine rings is 2. The van der Waals surface area contributed by atoms with Crippen LogP contribution in [0.5, 0.6) is 0 Å². The fraction of sp³-hybridized carbons (Fsp3) is 0.412. The SMILES string of the molecule is [B]1N(c2ccccn2)CCN1C1CC1N1[B]N(c2ccccn2)CC1.[Pt]. The van der Waals surface area contributed by atoms with Gasteiger partial charge in [-0.15, -0.1) is 0 Å². The molecule has 2 aliphatic heterocycles. The molecule has 1 saturated carbocycles. The molecule has 3 aliphatic rings. The van der Waals surface area contributed by atoms with Crippen molar-refractivity contribution in [2.24, 2.45) is 0 Å². The summed E-state index contributed by atoms with van der Waals surface area (Å²) in [6, 6.07) is 13.4. The minimum absolute atomic E-state index is 0. The molecule has 2 aromatic heterocycles. The van der Waals surface area contributed by atoms with Crippen molar-refractivity contribution in [3.63, 3.8) is 0 Å². The van der Waals surface area contributed by atoms with Crippen LogP contribution in [0, 0.1) is 0 Å². The molecule has 2 radical (unpaired) electrons. The zero-order valence-corrected chi connectivity index (χ0v) is 16.7. The summed E-state index contributed by atoms with van der Waals surface area (Å²) in [5.74, 6) is 2.08. The summed E-state index contributed by atoms with van der Waals surface area (Å²) in [6.45, 7) is 4.19. The third-order valence-corrected chi connectivity index (χ3v) is 5.24. The van der Waals surface area contributed by atoms with E-state index in [0.29, 0.717) is 12.1 Å². The zero-order chi connectivity index (χ0) is 16.6. The maximum atomic E-state index is 4.45. The average molecular weight is 525 g/mol. The molecule has 0 amide bonds. The molecule has 4 heterocycles. The van der Waals surface area contributed by atoms with Crippen LogP contribution in [-0.4, -0.2) is 73.0 Å². The summed E-state index contributed by atoms with van der Waals surface area (Å²) in [5.41, 5.74) is 0. The Morgan fingerprint density at radius 3 is 1.65 bits per heavy atom. The molecule has 134 valence electrons. The minimum Gasteiger partial charge on any atom is -0.388 e. The zero-order valence-electron chi connectivity index (χ0n) is 14.5. The molecule has 5 rings (SSSR count). The van der Waals surface area contributed by atoms with Crippen molar-refractivity contribution in [2.75, 3.05) is 35.8 Å². The van der Waals surface area contributed by atoms with E-state index in [2.05, 4.69) is 56.4 Å². The minimum atomic E-state index is 0. The largest absolute Gasteiger partial charge is 0.388 e. The number of hydrogen-bond donors (Lipinski definition) is 0. The molecule has 9 heteroatoms. The van der Waals surface area contributed by atoms with E-state index in [1.54, 1.807) is 0 Å². The van der Waals surface area contributed by atoms with Crippen molar-refractivity contribution < 1.29 is 21.1 Å². The molecule has 0 aromatic carbocycles. The summed E-state index contributed by atoms with van der Waals surface area (Å²) in [7, 11) is 4.50. The van der Waals surface area contributed by atoms with E-state index >= 15 is 0 Å². The molecule has 6 nitrogen and oxygen atoms in total. The van der Waals surface area contributed by atoms with Gasteiger partial charge >= 0.3 is 15.1 Å². The van der Waals surface area contributed by atoms with Crippen LogP contribution in [0.15, 0.2) is 48.8 Å². The van der Waals surface area contributed by atoms with Gasteiger partial charge in [-0.05, 0) is 30.7 Å². The van der Waals surface area contributed by atoms with Crippen molar-refractivity contribution in [3.8, 4) is 0 Å². The van der Waals surface area contributed by atoms with Crippen LogP contribution < -0.4 is 9.62 Å². The van der Waals surface area contributed by atoms with E-state index in [-0.39, 0.29) is 21.1 Å². The Morgan fingerprint density at radius 1 is 0.731 bits per heavy atom. The van der Waals surface area contributed by atoms with Crippen LogP contribution >= 0.6 is 0 Å². The van der Waals surface area contributed by atoms with Gasteiger partial charge in [-0.2, -0.15) is 0 Å². The third kappa shape index (κ3) is 3.55. The Bertz CT molecular complexity index is 662. The second-order valence-corrected chi connectivity index (χ2v) is 6.84. The molecular weight excluding hydrogens is 505 g/mol. The number of hydrogen-bond acceptors (Lipinski definition) is 6. The number of aromatic nitrogens is 2. The fourth-order valence-electron chi connectivity index (χ4n) is 3.81. The normalized spacial score (nSPS) is 25.5. The average Bonchev–Trinajstić information content (AvgIpc) is 3.11. The van der Waals surface area contributed by atoms with Gasteiger partial charge in [0.15, 0.2) is 0 Å². The predicted molar refractivity (Wildman–Crippen MR) is 100 cm³/mol. The van der Waals surface area contributed by atoms with Gasteiger partial charge in [0.1, 0.15) is 11.6 Å². The third-order valence-electron chi connectivity index (χ3n) is 5.24. The molecule has 2 unspecified atom stereocenters. The Balaban J connectivity index is 0.00000168. The quantitative estimate of drug-likeness (QED) is 0.546. The maximum absolute atomic E-state index is 4.45. The van der Waals surface area contributed by atoms with Gasteiger partial charge in [0.2, 0.25) is 0 Å². The number of nitrogens with zero attached hydrogens (tertiary/aromatic N) is 6. The molecular formula is C17H20B2N6Pt. The molecule has 0 spiro atoms. The second kappa shape index (κ2) is 7.71. The first-order valence-corrected chi connectivity index (χ1v) is 8.95. The van der Waals surface area contributed by atoms with E-state index in [0.717, 1.165) is 37.8 Å². The molecule has 1 aliphatic carbocycles. The summed E-state index contributed by atoms with van der Waals surface area (Å²) in [4.78, 5) is 18.4. The summed E-state index contributed by atoms with van der Waals surface area (Å²) < 4.78 is 0. The smallest absolute Gasteiger partial charge is 0.353 e. The molecule has 26 heavy (non-hydrogen) atoms. The van der Waals surface area contributed by atoms with Gasteiger partial charge in [0.25, 0.3) is 0 Å². The molecule has 2 saturated heterocycles. The van der Waals surface area contributed by atoms with E-state index < -0.39 is 0 Å². The molecule has 2 atom stereocenters. The Labute approximate surface area is 170 Å². The number of anilines is 2. The van der Waals surface area contributed by atoms with Crippen molar-refractivity contribution in [2.45, 2.75) is 18.5 Å². The van der Waals surface area contributed by atoms with Gasteiger partial charge in [0, 0.05) is 71.7 Å². The van der Waals surface area contributed by atoms with E-state index in [1.807, 2.05) is 36.7 Å². The summed E-state index contributed by atoms with van der Waals surface area (Å²) in [6.07, 6.45) is 4.95. The van der Waals surface area contributed by atoms with Crippen LogP contribution in [0.4, 0.5) is 11.6 Å². The first-order chi connectivity index (χ1) is 12.4. The first kappa shape index (κ1) is 18.0. The van der Waals surface area contributed by atoms with Gasteiger partial charge in [0.05, 0.1) is 0 Å². The maximum Gasteiger partial charge on any atom is 0.353 e. The molecule has 2 aromatic rings. The van der Waals surface area contributed by atoms with Crippen LogP contribution in [0.1, 0.15) is 6.42 Å². The van der Waals surface area contributed by atoms with Gasteiger partial charge < -0.3 is 19.2 Å². The van der Waals surface area contributed by atoms with Crippen molar-refractivity contribution in [3.05, 3.63) is 48.8 Å². The standard InChI is InChI=1S/C17H20B2N6.Pt/c1-3-7-20-16(5-1)24-11-9-22(18-24)14-13-15(14)23-10-12-25(19-23)17-6-2-4-8-21-17;/h1-8,14-15H,9-13H2;. The van der Waals surface area contributed by atoms with Gasteiger partial charge in [-0.1, -0.05) is 12.1 Å². The van der Waals surface area contributed by atoms with Gasteiger partial charge in [-0.3, -0.25) is 0 Å². The monoisotopic (exact) mass is 525 g/mol. The van der Waals surface area contributed by atoms with Crippen LogP contribution in [0.3, 0.4) is 0 Å². The summed E-state index contributed by atoms with van der Waals surface area (Å²) in [5, 5.41) is 0. The number of rotatable bonds is 4. The van der Waals surface area contributed by atoms with E-state index in [4.69, 9.17) is 0 Å². The van der Waals surface area contributed by atoms with E-state index in [9.17, 15) is 0 Å². The first-order valence-electron chi connectivity index (χ1n) is 8.95. The fourth-order valence-corrected chi connectivity index (χ4v) is 3.81. The van der Waals surface area contributed by atoms with Crippen molar-refractivity contribution in [1.29, 1.82) is 0 Å². The molecule has 0 N–H and O–H groups in total. The van der Waals surface area contributed by atoms with Gasteiger partial charge in [-0.25, -0.2) is 9.97 Å². The summed E-state index contributed by atoms with van der Waals surface area (Å²) >= 11 is 0. The topological polar surface area (TPSA) is 38.7 Å². The predicted octanol–water partition coefficient (Wildman–Crippen LogP) is 0.628.